The van der Waals surface area contributed by atoms with E-state index in [2.05, 4.69) is 10.6 Å². The van der Waals surface area contributed by atoms with Crippen LogP contribution in [0.3, 0.4) is 0 Å². The van der Waals surface area contributed by atoms with E-state index in [0.29, 0.717) is 24.4 Å². The predicted molar refractivity (Wildman–Crippen MR) is 106 cm³/mol. The van der Waals surface area contributed by atoms with Crippen LogP contribution in [0.4, 0.5) is 30.2 Å². The largest absolute Gasteiger partial charge is 0.479 e. The first-order chi connectivity index (χ1) is 14.6. The maximum Gasteiger partial charge on any atom is 0.416 e. The number of halogens is 3. The van der Waals surface area contributed by atoms with Crippen LogP contribution in [-0.4, -0.2) is 30.4 Å². The van der Waals surface area contributed by atoms with Crippen LogP contribution in [0.2, 0.25) is 0 Å². The van der Waals surface area contributed by atoms with Gasteiger partial charge in [0.2, 0.25) is 5.91 Å². The lowest BCUT2D eigenvalue weighted by Gasteiger charge is -2.23. The normalized spacial score (nSPS) is 18.3. The predicted octanol–water partition coefficient (Wildman–Crippen LogP) is 3.80. The van der Waals surface area contributed by atoms with E-state index in [4.69, 9.17) is 4.74 Å². The number of nitrogens with one attached hydrogen (secondary N) is 2. The SMILES string of the molecule is CC1Oc2ccc(NC(=O)c3cc(N4CCCC4=O)cc(C(F)(F)F)c3)cc2NC1=O. The number of nitrogens with zero attached hydrogens (tertiary/aromatic N) is 1. The molecule has 7 nitrogen and oxygen atoms in total. The Morgan fingerprint density at radius 2 is 1.97 bits per heavy atom. The Labute approximate surface area is 175 Å². The van der Waals surface area contributed by atoms with Gasteiger partial charge in [0.1, 0.15) is 5.75 Å². The molecule has 0 radical (unpaired) electrons. The van der Waals surface area contributed by atoms with Crippen molar-refractivity contribution < 1.29 is 32.3 Å². The highest BCUT2D eigenvalue weighted by Crippen LogP contribution is 2.35. The van der Waals surface area contributed by atoms with E-state index in [0.717, 1.165) is 12.1 Å². The van der Waals surface area contributed by atoms with Gasteiger partial charge < -0.3 is 20.3 Å². The van der Waals surface area contributed by atoms with E-state index in [1.54, 1.807) is 13.0 Å². The third-order valence-electron chi connectivity index (χ3n) is 5.06. The number of hydrogen-bond acceptors (Lipinski definition) is 4. The Morgan fingerprint density at radius 1 is 1.19 bits per heavy atom. The number of hydrogen-bond donors (Lipinski definition) is 2. The molecular formula is C21H18F3N3O4. The van der Waals surface area contributed by atoms with Gasteiger partial charge in [-0.1, -0.05) is 0 Å². The molecule has 2 aromatic carbocycles. The second-order valence-electron chi connectivity index (χ2n) is 7.33. The first-order valence-corrected chi connectivity index (χ1v) is 9.57. The Hall–Kier alpha value is -3.56. The molecule has 3 amide bonds. The Bertz CT molecular complexity index is 1080. The molecule has 2 N–H and O–H groups in total. The molecule has 10 heteroatoms. The third kappa shape index (κ3) is 4.18. The first-order valence-electron chi connectivity index (χ1n) is 9.57. The van der Waals surface area contributed by atoms with Crippen molar-refractivity contribution in [2.75, 3.05) is 22.1 Å². The van der Waals surface area contributed by atoms with Crippen molar-refractivity contribution in [3.63, 3.8) is 0 Å². The lowest BCUT2D eigenvalue weighted by Crippen LogP contribution is -2.34. The van der Waals surface area contributed by atoms with Gasteiger partial charge in [-0.05, 0) is 49.7 Å². The molecule has 0 spiro atoms. The van der Waals surface area contributed by atoms with E-state index in [1.165, 1.54) is 23.1 Å². The molecule has 0 aromatic heterocycles. The summed E-state index contributed by atoms with van der Waals surface area (Å²) in [6.45, 7) is 1.88. The molecule has 1 saturated heterocycles. The fraction of sp³-hybridized carbons (Fsp3) is 0.286. The molecule has 162 valence electrons. The van der Waals surface area contributed by atoms with Gasteiger partial charge in [-0.25, -0.2) is 0 Å². The van der Waals surface area contributed by atoms with Crippen LogP contribution in [0.25, 0.3) is 0 Å². The molecular weight excluding hydrogens is 415 g/mol. The number of benzene rings is 2. The van der Waals surface area contributed by atoms with Gasteiger partial charge in [0.15, 0.2) is 6.10 Å². The number of carbonyl (C=O) groups is 3. The Balaban J connectivity index is 1.63. The Morgan fingerprint density at radius 3 is 2.65 bits per heavy atom. The van der Waals surface area contributed by atoms with Crippen LogP contribution in [0.5, 0.6) is 5.75 Å². The van der Waals surface area contributed by atoms with Gasteiger partial charge in [-0.15, -0.1) is 0 Å². The summed E-state index contributed by atoms with van der Waals surface area (Å²) in [4.78, 5) is 37.7. The standard InChI is InChI=1S/C21H18F3N3O4/c1-11-19(29)26-16-10-14(4-5-17(16)31-11)25-20(30)12-7-13(21(22,23)24)9-15(8-12)27-6-2-3-18(27)28/h4-5,7-11H,2-3,6H2,1H3,(H,25,30)(H,26,29). The molecule has 1 atom stereocenters. The number of ether oxygens (including phenoxy) is 1. The number of anilines is 3. The first kappa shape index (κ1) is 20.7. The van der Waals surface area contributed by atoms with Crippen LogP contribution in [0, 0.1) is 0 Å². The van der Waals surface area contributed by atoms with E-state index in [1.807, 2.05) is 0 Å². The molecule has 4 rings (SSSR count). The summed E-state index contributed by atoms with van der Waals surface area (Å²) >= 11 is 0. The average molecular weight is 433 g/mol. The van der Waals surface area contributed by atoms with Crippen molar-refractivity contribution in [1.82, 2.24) is 0 Å². The highest BCUT2D eigenvalue weighted by Gasteiger charge is 2.33. The molecule has 2 aliphatic rings. The zero-order chi connectivity index (χ0) is 22.3. The highest BCUT2D eigenvalue weighted by molar-refractivity contribution is 6.07. The maximum absolute atomic E-state index is 13.4. The number of rotatable bonds is 3. The second-order valence-corrected chi connectivity index (χ2v) is 7.33. The number of carbonyl (C=O) groups excluding carboxylic acids is 3. The van der Waals surface area contributed by atoms with Gasteiger partial charge in [0.05, 0.1) is 11.3 Å². The molecule has 0 aliphatic carbocycles. The zero-order valence-corrected chi connectivity index (χ0v) is 16.4. The van der Waals surface area contributed by atoms with Gasteiger partial charge in [-0.2, -0.15) is 13.2 Å². The molecule has 2 aromatic rings. The molecule has 1 unspecified atom stereocenters. The average Bonchev–Trinajstić information content (AvgIpc) is 3.14. The number of fused-ring (bicyclic) bond motifs is 1. The summed E-state index contributed by atoms with van der Waals surface area (Å²) in [5, 5.41) is 5.16. The van der Waals surface area contributed by atoms with Crippen LogP contribution in [-0.2, 0) is 15.8 Å². The van der Waals surface area contributed by atoms with Gasteiger partial charge >= 0.3 is 6.18 Å². The summed E-state index contributed by atoms with van der Waals surface area (Å²) in [5.74, 6) is -1.01. The fourth-order valence-corrected chi connectivity index (χ4v) is 3.47. The summed E-state index contributed by atoms with van der Waals surface area (Å²) in [5.41, 5.74) is -0.625. The van der Waals surface area contributed by atoms with Crippen molar-refractivity contribution >= 4 is 34.8 Å². The summed E-state index contributed by atoms with van der Waals surface area (Å²) in [6, 6.07) is 7.38. The second kappa shape index (κ2) is 7.60. The van der Waals surface area contributed by atoms with Crippen LogP contribution >= 0.6 is 0 Å². The Kier molecular flexibility index (Phi) is 5.08. The van der Waals surface area contributed by atoms with Crippen LogP contribution in [0.1, 0.15) is 35.7 Å². The minimum atomic E-state index is -4.68. The molecule has 31 heavy (non-hydrogen) atoms. The van der Waals surface area contributed by atoms with Gasteiger partial charge in [-0.3, -0.25) is 14.4 Å². The molecule has 0 bridgehead atoms. The van der Waals surface area contributed by atoms with Crippen molar-refractivity contribution in [2.45, 2.75) is 32.0 Å². The van der Waals surface area contributed by atoms with Gasteiger partial charge in [0, 0.05) is 29.9 Å². The lowest BCUT2D eigenvalue weighted by atomic mass is 10.1. The minimum absolute atomic E-state index is 0.0302. The number of amides is 3. The lowest BCUT2D eigenvalue weighted by molar-refractivity contribution is -0.137. The van der Waals surface area contributed by atoms with Crippen molar-refractivity contribution in [2.24, 2.45) is 0 Å². The molecule has 2 heterocycles. The number of alkyl halides is 3. The van der Waals surface area contributed by atoms with Crippen molar-refractivity contribution in [3.05, 3.63) is 47.5 Å². The summed E-state index contributed by atoms with van der Waals surface area (Å²) < 4.78 is 45.6. The molecule has 0 saturated carbocycles. The fourth-order valence-electron chi connectivity index (χ4n) is 3.47. The van der Waals surface area contributed by atoms with Gasteiger partial charge in [0.25, 0.3) is 11.8 Å². The van der Waals surface area contributed by atoms with Crippen LogP contribution < -0.4 is 20.3 Å². The quantitative estimate of drug-likeness (QED) is 0.771. The van der Waals surface area contributed by atoms with E-state index < -0.39 is 23.8 Å². The van der Waals surface area contributed by atoms with Crippen molar-refractivity contribution in [1.29, 1.82) is 0 Å². The zero-order valence-electron chi connectivity index (χ0n) is 16.4. The minimum Gasteiger partial charge on any atom is -0.479 e. The smallest absolute Gasteiger partial charge is 0.416 e. The molecule has 1 fully saturated rings. The monoisotopic (exact) mass is 433 g/mol. The van der Waals surface area contributed by atoms with E-state index >= 15 is 0 Å². The molecule has 2 aliphatic heterocycles. The van der Waals surface area contributed by atoms with Crippen molar-refractivity contribution in [3.8, 4) is 5.75 Å². The third-order valence-corrected chi connectivity index (χ3v) is 5.06. The van der Waals surface area contributed by atoms with Crippen LogP contribution in [0.15, 0.2) is 36.4 Å². The summed E-state index contributed by atoms with van der Waals surface area (Å²) in [6.07, 6.45) is -4.56. The highest BCUT2D eigenvalue weighted by atomic mass is 19.4. The maximum atomic E-state index is 13.4. The van der Waals surface area contributed by atoms with E-state index in [9.17, 15) is 27.6 Å². The topological polar surface area (TPSA) is 87.7 Å². The van der Waals surface area contributed by atoms with E-state index in [-0.39, 0.29) is 35.2 Å². The summed E-state index contributed by atoms with van der Waals surface area (Å²) in [7, 11) is 0.